The highest BCUT2D eigenvalue weighted by Crippen LogP contribution is 2.20. The Morgan fingerprint density at radius 2 is 2.06 bits per heavy atom. The Balaban J connectivity index is 0.00000137. The average Bonchev–Trinajstić information content (AvgIpc) is 2.33. The van der Waals surface area contributed by atoms with E-state index < -0.39 is 16.0 Å². The SMILES string of the molecule is CC.Cc1ccc(COCS(=O)O)c([N+](=O)[O-])c1. The molecule has 6 nitrogen and oxygen atoms in total. The zero-order valence-corrected chi connectivity index (χ0v) is 11.4. The van der Waals surface area contributed by atoms with Crippen molar-refractivity contribution in [1.82, 2.24) is 0 Å². The van der Waals surface area contributed by atoms with Crippen LogP contribution in [0.15, 0.2) is 18.2 Å². The largest absolute Gasteiger partial charge is 0.361 e. The minimum Gasteiger partial charge on any atom is -0.361 e. The number of nitro groups is 1. The van der Waals surface area contributed by atoms with Gasteiger partial charge in [0, 0.05) is 6.07 Å². The Hall–Kier alpha value is -1.31. The number of benzene rings is 1. The Bertz CT molecular complexity index is 422. The maximum absolute atomic E-state index is 10.7. The van der Waals surface area contributed by atoms with Crippen LogP contribution in [0.4, 0.5) is 5.69 Å². The summed E-state index contributed by atoms with van der Waals surface area (Å²) in [5.74, 6) is -0.356. The summed E-state index contributed by atoms with van der Waals surface area (Å²) in [4.78, 5) is 10.2. The summed E-state index contributed by atoms with van der Waals surface area (Å²) >= 11 is -2.05. The summed E-state index contributed by atoms with van der Waals surface area (Å²) in [6.07, 6.45) is 0. The van der Waals surface area contributed by atoms with Crippen LogP contribution in [-0.4, -0.2) is 19.6 Å². The van der Waals surface area contributed by atoms with Gasteiger partial charge in [-0.2, -0.15) is 0 Å². The molecule has 1 aromatic carbocycles. The summed E-state index contributed by atoms with van der Waals surface area (Å²) in [5.41, 5.74) is 1.13. The average molecular weight is 275 g/mol. The van der Waals surface area contributed by atoms with Gasteiger partial charge >= 0.3 is 0 Å². The zero-order valence-electron chi connectivity index (χ0n) is 10.6. The van der Waals surface area contributed by atoms with Crippen molar-refractivity contribution in [1.29, 1.82) is 0 Å². The summed E-state index contributed by atoms with van der Waals surface area (Å²) in [5, 5.41) is 10.7. The van der Waals surface area contributed by atoms with E-state index >= 15 is 0 Å². The maximum atomic E-state index is 10.7. The summed E-state index contributed by atoms with van der Waals surface area (Å²) in [6, 6.07) is 4.74. The highest BCUT2D eigenvalue weighted by molar-refractivity contribution is 7.79. The lowest BCUT2D eigenvalue weighted by Gasteiger charge is -2.04. The number of hydrogen-bond donors (Lipinski definition) is 1. The van der Waals surface area contributed by atoms with Gasteiger partial charge in [0.1, 0.15) is 5.94 Å². The molecular formula is C11H17NO5S. The molecule has 0 aliphatic rings. The predicted octanol–water partition coefficient (Wildman–Crippen LogP) is 2.63. The van der Waals surface area contributed by atoms with E-state index in [4.69, 9.17) is 9.29 Å². The minimum absolute atomic E-state index is 0.0382. The van der Waals surface area contributed by atoms with Gasteiger partial charge in [-0.3, -0.25) is 10.1 Å². The fraction of sp³-hybridized carbons (Fsp3) is 0.455. The van der Waals surface area contributed by atoms with Gasteiger partial charge in [-0.05, 0) is 18.6 Å². The first-order valence-electron chi connectivity index (χ1n) is 5.40. The van der Waals surface area contributed by atoms with E-state index in [1.165, 1.54) is 6.07 Å². The Morgan fingerprint density at radius 3 is 2.56 bits per heavy atom. The normalized spacial score (nSPS) is 11.3. The maximum Gasteiger partial charge on any atom is 0.275 e. The van der Waals surface area contributed by atoms with Crippen molar-refractivity contribution in [3.63, 3.8) is 0 Å². The molecule has 1 atom stereocenters. The second-order valence-electron chi connectivity index (χ2n) is 3.18. The number of nitro benzene ring substituents is 1. The van der Waals surface area contributed by atoms with Crippen molar-refractivity contribution in [2.45, 2.75) is 27.4 Å². The quantitative estimate of drug-likeness (QED) is 0.507. The highest BCUT2D eigenvalue weighted by Gasteiger charge is 2.13. The van der Waals surface area contributed by atoms with Crippen LogP contribution >= 0.6 is 0 Å². The predicted molar refractivity (Wildman–Crippen MR) is 69.6 cm³/mol. The molecule has 18 heavy (non-hydrogen) atoms. The summed E-state index contributed by atoms with van der Waals surface area (Å²) < 4.78 is 23.6. The molecule has 0 spiro atoms. The second kappa shape index (κ2) is 8.73. The molecule has 7 heteroatoms. The van der Waals surface area contributed by atoms with Gasteiger partial charge in [-0.25, -0.2) is 4.21 Å². The Labute approximate surface area is 108 Å². The van der Waals surface area contributed by atoms with Crippen molar-refractivity contribution < 1.29 is 18.4 Å². The molecule has 0 heterocycles. The fourth-order valence-corrected chi connectivity index (χ4v) is 1.41. The second-order valence-corrected chi connectivity index (χ2v) is 4.06. The number of nitrogens with zero attached hydrogens (tertiary/aromatic N) is 1. The lowest BCUT2D eigenvalue weighted by Crippen LogP contribution is -2.03. The molecule has 0 fully saturated rings. The smallest absolute Gasteiger partial charge is 0.275 e. The van der Waals surface area contributed by atoms with Crippen LogP contribution in [0.5, 0.6) is 0 Å². The third kappa shape index (κ3) is 5.85. The van der Waals surface area contributed by atoms with Gasteiger partial charge in [-0.15, -0.1) is 0 Å². The molecule has 102 valence electrons. The number of aryl methyl sites for hydroxylation is 1. The van der Waals surface area contributed by atoms with Crippen molar-refractivity contribution in [2.75, 3.05) is 5.94 Å². The van der Waals surface area contributed by atoms with Crippen LogP contribution in [-0.2, 0) is 22.4 Å². The fourth-order valence-electron chi connectivity index (χ4n) is 1.19. The number of rotatable bonds is 5. The van der Waals surface area contributed by atoms with Gasteiger partial charge in [0.15, 0.2) is 11.1 Å². The van der Waals surface area contributed by atoms with Crippen LogP contribution in [0.1, 0.15) is 25.0 Å². The summed E-state index contributed by atoms with van der Waals surface area (Å²) in [7, 11) is 0. The van der Waals surface area contributed by atoms with Crippen molar-refractivity contribution in [2.24, 2.45) is 0 Å². The lowest BCUT2D eigenvalue weighted by atomic mass is 10.1. The molecule has 1 rings (SSSR count). The van der Waals surface area contributed by atoms with Crippen LogP contribution in [0, 0.1) is 17.0 Å². The molecule has 0 amide bonds. The van der Waals surface area contributed by atoms with Crippen LogP contribution in [0.25, 0.3) is 0 Å². The van der Waals surface area contributed by atoms with Gasteiger partial charge < -0.3 is 9.29 Å². The number of ether oxygens (including phenoxy) is 1. The zero-order chi connectivity index (χ0) is 14.1. The molecule has 0 bridgehead atoms. The van der Waals surface area contributed by atoms with E-state index in [-0.39, 0.29) is 18.2 Å². The number of hydrogen-bond acceptors (Lipinski definition) is 4. The van der Waals surface area contributed by atoms with E-state index in [1.54, 1.807) is 19.1 Å². The van der Waals surface area contributed by atoms with Crippen LogP contribution in [0.2, 0.25) is 0 Å². The van der Waals surface area contributed by atoms with E-state index in [0.29, 0.717) is 5.56 Å². The molecule has 0 aliphatic heterocycles. The van der Waals surface area contributed by atoms with Crippen LogP contribution in [0.3, 0.4) is 0 Å². The first-order valence-corrected chi connectivity index (χ1v) is 6.67. The van der Waals surface area contributed by atoms with Crippen molar-refractivity contribution in [3.8, 4) is 0 Å². The van der Waals surface area contributed by atoms with E-state index in [2.05, 4.69) is 0 Å². The first kappa shape index (κ1) is 16.7. The Morgan fingerprint density at radius 1 is 1.44 bits per heavy atom. The van der Waals surface area contributed by atoms with Crippen molar-refractivity contribution in [3.05, 3.63) is 39.4 Å². The third-order valence-corrected chi connectivity index (χ3v) is 2.25. The molecule has 1 N–H and O–H groups in total. The molecule has 1 unspecified atom stereocenters. The van der Waals surface area contributed by atoms with E-state index in [0.717, 1.165) is 5.56 Å². The summed E-state index contributed by atoms with van der Waals surface area (Å²) in [6.45, 7) is 5.70. The standard InChI is InChI=1S/C9H11NO5S.C2H6/c1-7-2-3-8(5-15-6-16(13)14)9(4-7)10(11)12;1-2/h2-4H,5-6H2,1H3,(H,13,14);1-2H3. The topological polar surface area (TPSA) is 89.7 Å². The minimum atomic E-state index is -2.05. The molecule has 0 saturated heterocycles. The van der Waals surface area contributed by atoms with E-state index in [1.807, 2.05) is 13.8 Å². The molecule has 0 aromatic heterocycles. The highest BCUT2D eigenvalue weighted by atomic mass is 32.2. The third-order valence-electron chi connectivity index (χ3n) is 1.88. The van der Waals surface area contributed by atoms with Gasteiger partial charge in [0.25, 0.3) is 5.69 Å². The van der Waals surface area contributed by atoms with Gasteiger partial charge in [0.05, 0.1) is 17.1 Å². The first-order chi connectivity index (χ1) is 8.50. The van der Waals surface area contributed by atoms with Crippen LogP contribution < -0.4 is 0 Å². The molecule has 0 saturated carbocycles. The lowest BCUT2D eigenvalue weighted by molar-refractivity contribution is -0.386. The molecule has 0 aliphatic carbocycles. The van der Waals surface area contributed by atoms with Gasteiger partial charge in [0.2, 0.25) is 0 Å². The molecule has 1 aromatic rings. The van der Waals surface area contributed by atoms with Gasteiger partial charge in [-0.1, -0.05) is 19.9 Å². The van der Waals surface area contributed by atoms with E-state index in [9.17, 15) is 14.3 Å². The molecule has 0 radical (unpaired) electrons. The molecular weight excluding hydrogens is 258 g/mol. The van der Waals surface area contributed by atoms with Crippen molar-refractivity contribution >= 4 is 16.8 Å². The monoisotopic (exact) mass is 275 g/mol. The Kier molecular flexibility index (Phi) is 8.10.